The second kappa shape index (κ2) is 11.6. The van der Waals surface area contributed by atoms with Crippen LogP contribution in [0.15, 0.2) is 115 Å². The summed E-state index contributed by atoms with van der Waals surface area (Å²) >= 11 is 0. The minimum atomic E-state index is -1.16. The van der Waals surface area contributed by atoms with E-state index in [0.29, 0.717) is 0 Å². The molecule has 0 amide bonds. The molecule has 6 rings (SSSR count). The number of hydrogen-bond donors (Lipinski definition) is 0. The maximum atomic E-state index is 3.77. The van der Waals surface area contributed by atoms with Crippen LogP contribution < -0.4 is 40.4 Å². The Morgan fingerprint density at radius 2 is 1.26 bits per heavy atom. The molecule has 0 aliphatic heterocycles. The summed E-state index contributed by atoms with van der Waals surface area (Å²) in [4.78, 5) is 1.46. The zero-order valence-electron chi connectivity index (χ0n) is 18.4. The van der Waals surface area contributed by atoms with Gasteiger partial charge >= 0.3 is 26.2 Å². The molecule has 2 aliphatic carbocycles. The van der Waals surface area contributed by atoms with Crippen LogP contribution in [-0.2, 0) is 26.2 Å². The van der Waals surface area contributed by atoms with Crippen LogP contribution in [0.3, 0.4) is 0 Å². The molecule has 0 heterocycles. The predicted molar refractivity (Wildman–Crippen MR) is 131 cm³/mol. The standard InChI is InChI=1S/C30H21Si.2ClH.Zr/c1-3-14-24(15-4-1)31(25-16-5-2-6-17-25)29-20-19-27-26-18-10-9-13-23(26)21-28(27)30(29)22-11-7-8-12-22;;;/h1-11,13-20H,12H2;2*1H;/q-1;;;+3/p-2. The van der Waals surface area contributed by atoms with E-state index in [2.05, 4.69) is 121 Å². The first kappa shape index (κ1) is 26.5. The predicted octanol–water partition coefficient (Wildman–Crippen LogP) is -1.52. The van der Waals surface area contributed by atoms with Crippen molar-refractivity contribution in [2.75, 3.05) is 0 Å². The van der Waals surface area contributed by atoms with E-state index in [0.717, 1.165) is 6.42 Å². The van der Waals surface area contributed by atoms with Crippen molar-refractivity contribution < 1.29 is 51.0 Å². The fourth-order valence-electron chi connectivity index (χ4n) is 4.78. The molecule has 0 spiro atoms. The van der Waals surface area contributed by atoms with E-state index in [9.17, 15) is 0 Å². The fourth-order valence-corrected chi connectivity index (χ4v) is 7.57. The Morgan fingerprint density at radius 1 is 0.647 bits per heavy atom. The van der Waals surface area contributed by atoms with Gasteiger partial charge in [-0.2, -0.15) is 0 Å². The number of halogens is 2. The van der Waals surface area contributed by atoms with Gasteiger partial charge in [0.2, 0.25) is 0 Å². The number of fused-ring (bicyclic) bond motifs is 2. The van der Waals surface area contributed by atoms with Gasteiger partial charge in [0, 0.05) is 0 Å². The largest absolute Gasteiger partial charge is 3.00 e. The Hall–Kier alpha value is -2.09. The summed E-state index contributed by atoms with van der Waals surface area (Å²) in [6, 6.07) is 35.4. The molecule has 4 heteroatoms. The maximum Gasteiger partial charge on any atom is 3.00 e. The normalized spacial score (nSPS) is 12.2. The summed E-state index contributed by atoms with van der Waals surface area (Å²) in [6.45, 7) is 0. The number of allylic oxidation sites excluding steroid dienone is 4. The van der Waals surface area contributed by atoms with E-state index in [-0.39, 0.29) is 51.0 Å². The Kier molecular flexibility index (Phi) is 9.01. The Bertz CT molecular complexity index is 1550. The molecule has 0 saturated heterocycles. The van der Waals surface area contributed by atoms with Crippen LogP contribution in [0.1, 0.15) is 17.5 Å². The first-order valence-electron chi connectivity index (χ1n) is 10.8. The van der Waals surface area contributed by atoms with E-state index in [1.807, 2.05) is 0 Å². The third-order valence-corrected chi connectivity index (χ3v) is 8.95. The second-order valence-corrected chi connectivity index (χ2v) is 10.5. The van der Waals surface area contributed by atoms with Crippen LogP contribution in [0.25, 0.3) is 11.6 Å². The van der Waals surface area contributed by atoms with Crippen molar-refractivity contribution in [3.05, 3.63) is 147 Å². The molecule has 0 fully saturated rings. The third-order valence-electron chi connectivity index (χ3n) is 6.17. The van der Waals surface area contributed by atoms with Crippen molar-refractivity contribution in [2.24, 2.45) is 0 Å². The topological polar surface area (TPSA) is 0 Å². The van der Waals surface area contributed by atoms with E-state index in [1.165, 1.54) is 47.5 Å². The van der Waals surface area contributed by atoms with Gasteiger partial charge < -0.3 is 24.8 Å². The zero-order valence-corrected chi connectivity index (χ0v) is 23.4. The summed E-state index contributed by atoms with van der Waals surface area (Å²) in [5.41, 5.74) is 4.06. The molecule has 0 unspecified atom stereocenters. The van der Waals surface area contributed by atoms with Gasteiger partial charge in [0.25, 0.3) is 0 Å². The molecule has 2 aliphatic rings. The minimum Gasteiger partial charge on any atom is -1.00 e. The Morgan fingerprint density at radius 3 is 1.88 bits per heavy atom. The number of rotatable bonds is 3. The second-order valence-electron chi connectivity index (χ2n) is 8.01. The van der Waals surface area contributed by atoms with Crippen LogP contribution in [0.2, 0.25) is 0 Å². The molecule has 163 valence electrons. The van der Waals surface area contributed by atoms with Crippen LogP contribution in [-0.4, -0.2) is 8.41 Å². The summed E-state index contributed by atoms with van der Waals surface area (Å²) in [5.74, 6) is 0. The van der Waals surface area contributed by atoms with Crippen molar-refractivity contribution in [1.82, 2.24) is 0 Å². The molecule has 0 aromatic heterocycles. The molecule has 1 radical (unpaired) electrons. The monoisotopic (exact) mass is 569 g/mol. The van der Waals surface area contributed by atoms with Gasteiger partial charge in [0.05, 0.1) is 8.41 Å². The maximum absolute atomic E-state index is 3.77. The van der Waals surface area contributed by atoms with Gasteiger partial charge in [-0.15, -0.1) is 33.4 Å². The van der Waals surface area contributed by atoms with Gasteiger partial charge in [-0.25, -0.2) is 0 Å². The summed E-state index contributed by atoms with van der Waals surface area (Å²) in [7, 11) is -1.16. The van der Waals surface area contributed by atoms with Crippen molar-refractivity contribution in [2.45, 2.75) is 6.42 Å². The van der Waals surface area contributed by atoms with E-state index >= 15 is 0 Å². The summed E-state index contributed by atoms with van der Waals surface area (Å²) < 4.78 is 0. The van der Waals surface area contributed by atoms with Gasteiger partial charge in [-0.05, 0) is 16.8 Å². The van der Waals surface area contributed by atoms with Crippen LogP contribution >= 0.6 is 0 Å². The molecule has 0 N–H and O–H groups in total. The average molecular weight is 572 g/mol. The SMILES string of the molecule is [C-]1=c2ccccc2=c2ccc(=[Si](c3ccccc3)c3ccccc3)c(C3=CC=CC3)c21.[Cl-].[Cl-].[Zr+3]. The fraction of sp³-hybridized carbons (Fsp3) is 0.0333. The molecule has 34 heavy (non-hydrogen) atoms. The van der Waals surface area contributed by atoms with Crippen LogP contribution in [0, 0.1) is 15.3 Å². The van der Waals surface area contributed by atoms with Crippen LogP contribution in [0.4, 0.5) is 0 Å². The molecule has 4 aromatic carbocycles. The molecular weight excluding hydrogens is 551 g/mol. The van der Waals surface area contributed by atoms with Crippen molar-refractivity contribution in [3.63, 3.8) is 0 Å². The average Bonchev–Trinajstić information content (AvgIpc) is 3.49. The molecule has 0 bridgehead atoms. The van der Waals surface area contributed by atoms with Crippen molar-refractivity contribution >= 4 is 30.4 Å². The number of hydrogen-bond acceptors (Lipinski definition) is 0. The number of benzene rings is 4. The van der Waals surface area contributed by atoms with Gasteiger partial charge in [0.15, 0.2) is 0 Å². The third kappa shape index (κ3) is 4.70. The van der Waals surface area contributed by atoms with E-state index in [4.69, 9.17) is 0 Å². The Labute approximate surface area is 233 Å². The molecular formula is C30H21Cl2SiZr. The molecule has 4 aromatic rings. The van der Waals surface area contributed by atoms with Gasteiger partial charge in [0.1, 0.15) is 0 Å². The summed E-state index contributed by atoms with van der Waals surface area (Å²) in [5, 5.41) is 6.65. The molecule has 0 atom stereocenters. The van der Waals surface area contributed by atoms with Gasteiger partial charge in [-0.3, -0.25) is 0 Å². The minimum absolute atomic E-state index is 0. The zero-order chi connectivity index (χ0) is 20.6. The van der Waals surface area contributed by atoms with Crippen molar-refractivity contribution in [3.8, 4) is 0 Å². The quantitative estimate of drug-likeness (QED) is 0.183. The molecule has 0 nitrogen and oxygen atoms in total. The first-order valence-corrected chi connectivity index (χ1v) is 12.3. The van der Waals surface area contributed by atoms with Crippen LogP contribution in [0.5, 0.6) is 0 Å². The van der Waals surface area contributed by atoms with Gasteiger partial charge in [-0.1, -0.05) is 125 Å². The molecule has 0 saturated carbocycles. The summed E-state index contributed by atoms with van der Waals surface area (Å²) in [6.07, 6.45) is 11.5. The van der Waals surface area contributed by atoms with E-state index in [1.54, 1.807) is 0 Å². The Balaban J connectivity index is 0.00000108. The van der Waals surface area contributed by atoms with E-state index < -0.39 is 8.41 Å². The van der Waals surface area contributed by atoms with Crippen molar-refractivity contribution in [1.29, 1.82) is 0 Å². The smallest absolute Gasteiger partial charge is 1.00 e. The first-order chi connectivity index (χ1) is 15.4.